The second-order valence-electron chi connectivity index (χ2n) is 9.28. The van der Waals surface area contributed by atoms with Crippen LogP contribution in [0.15, 0.2) is 89.8 Å². The van der Waals surface area contributed by atoms with Gasteiger partial charge in [0.25, 0.3) is 5.91 Å². The van der Waals surface area contributed by atoms with Gasteiger partial charge in [-0.3, -0.25) is 4.79 Å². The number of hydrogen-bond acceptors (Lipinski definition) is 4. The number of nitrogens with zero attached hydrogens (tertiary/aromatic N) is 2. The van der Waals surface area contributed by atoms with Crippen molar-refractivity contribution in [2.24, 2.45) is 0 Å². The average Bonchev–Trinajstić information content (AvgIpc) is 3.25. The van der Waals surface area contributed by atoms with Gasteiger partial charge in [-0.25, -0.2) is 17.5 Å². The lowest BCUT2D eigenvalue weighted by Crippen LogP contribution is -2.15. The number of carbonyl (C=O) groups is 1. The van der Waals surface area contributed by atoms with Gasteiger partial charge < -0.3 is 5.32 Å². The van der Waals surface area contributed by atoms with Crippen LogP contribution in [0.3, 0.4) is 0 Å². The number of nitrogens with one attached hydrogen (secondary N) is 1. The number of hydrogen-bond donors (Lipinski definition) is 1. The third-order valence-electron chi connectivity index (χ3n) is 5.47. The van der Waals surface area contributed by atoms with Crippen LogP contribution in [0.4, 0.5) is 10.2 Å². The third kappa shape index (κ3) is 5.66. The molecule has 0 spiro atoms. The maximum atomic E-state index is 13.4. The number of halogens is 1. The second kappa shape index (κ2) is 9.46. The maximum absolute atomic E-state index is 13.4. The van der Waals surface area contributed by atoms with E-state index in [1.807, 2.05) is 20.8 Å². The van der Waals surface area contributed by atoms with Crippen molar-refractivity contribution in [3.8, 4) is 5.69 Å². The minimum Gasteiger partial charge on any atom is -0.306 e. The highest BCUT2D eigenvalue weighted by molar-refractivity contribution is 7.90. The summed E-state index contributed by atoms with van der Waals surface area (Å²) < 4.78 is 40.2. The average molecular weight is 492 g/mol. The molecule has 0 aliphatic rings. The molecule has 8 heteroatoms. The van der Waals surface area contributed by atoms with Gasteiger partial charge in [0.1, 0.15) is 11.6 Å². The molecule has 1 aromatic heterocycles. The molecule has 0 aliphatic carbocycles. The molecule has 1 amide bonds. The highest BCUT2D eigenvalue weighted by Gasteiger charge is 2.22. The Balaban J connectivity index is 1.56. The van der Waals surface area contributed by atoms with Gasteiger partial charge in [-0.05, 0) is 54.1 Å². The van der Waals surface area contributed by atoms with Crippen molar-refractivity contribution in [3.05, 3.63) is 108 Å². The first-order chi connectivity index (χ1) is 16.5. The summed E-state index contributed by atoms with van der Waals surface area (Å²) in [5.74, 6) is -0.448. The molecule has 4 rings (SSSR count). The normalized spacial score (nSPS) is 11.9. The fourth-order valence-corrected chi connectivity index (χ4v) is 4.86. The lowest BCUT2D eigenvalue weighted by molar-refractivity contribution is 0.102. The SMILES string of the molecule is CC(C)(C)c1cc(NC(=O)c2ccc(CS(=O)(=O)c3ccccc3)cc2)n(-c2ccc(F)cc2)n1. The van der Waals surface area contributed by atoms with E-state index in [0.29, 0.717) is 22.6 Å². The van der Waals surface area contributed by atoms with Gasteiger partial charge >= 0.3 is 0 Å². The van der Waals surface area contributed by atoms with Gasteiger partial charge in [0.15, 0.2) is 9.84 Å². The topological polar surface area (TPSA) is 81.1 Å². The first-order valence-electron chi connectivity index (χ1n) is 11.1. The fraction of sp³-hybridized carbons (Fsp3) is 0.185. The van der Waals surface area contributed by atoms with Gasteiger partial charge in [0.05, 0.1) is 22.0 Å². The number of anilines is 1. The van der Waals surface area contributed by atoms with E-state index in [9.17, 15) is 17.6 Å². The molecule has 35 heavy (non-hydrogen) atoms. The Kier molecular flexibility index (Phi) is 6.58. The predicted octanol–water partition coefficient (Wildman–Crippen LogP) is 5.54. The quantitative estimate of drug-likeness (QED) is 0.384. The molecule has 0 aliphatic heterocycles. The molecule has 0 bridgehead atoms. The highest BCUT2D eigenvalue weighted by Crippen LogP contribution is 2.27. The van der Waals surface area contributed by atoms with E-state index in [1.165, 1.54) is 12.1 Å². The molecule has 3 aromatic carbocycles. The zero-order valence-electron chi connectivity index (χ0n) is 19.7. The molecule has 6 nitrogen and oxygen atoms in total. The van der Waals surface area contributed by atoms with Gasteiger partial charge in [-0.1, -0.05) is 51.1 Å². The Morgan fingerprint density at radius 1 is 0.943 bits per heavy atom. The zero-order valence-corrected chi connectivity index (χ0v) is 20.5. The first-order valence-corrected chi connectivity index (χ1v) is 12.7. The minimum absolute atomic E-state index is 0.162. The van der Waals surface area contributed by atoms with Crippen LogP contribution in [-0.4, -0.2) is 24.1 Å². The second-order valence-corrected chi connectivity index (χ2v) is 11.3. The first kappa shape index (κ1) is 24.3. The number of benzene rings is 3. The monoisotopic (exact) mass is 491 g/mol. The van der Waals surface area contributed by atoms with Crippen LogP contribution in [0.2, 0.25) is 0 Å². The van der Waals surface area contributed by atoms with Crippen LogP contribution in [0, 0.1) is 5.82 Å². The lowest BCUT2D eigenvalue weighted by atomic mass is 9.92. The van der Waals surface area contributed by atoms with Crippen LogP contribution >= 0.6 is 0 Å². The molecule has 0 unspecified atom stereocenters. The maximum Gasteiger partial charge on any atom is 0.256 e. The van der Waals surface area contributed by atoms with E-state index in [-0.39, 0.29) is 27.8 Å². The van der Waals surface area contributed by atoms with E-state index >= 15 is 0 Å². The Bertz CT molecular complexity index is 1440. The molecular formula is C27H26FN3O3S. The van der Waals surface area contributed by atoms with Crippen LogP contribution in [0.1, 0.15) is 42.4 Å². The number of carbonyl (C=O) groups excluding carboxylic acids is 1. The van der Waals surface area contributed by atoms with E-state index in [4.69, 9.17) is 0 Å². The largest absolute Gasteiger partial charge is 0.306 e. The minimum atomic E-state index is -3.48. The van der Waals surface area contributed by atoms with Gasteiger partial charge in [0.2, 0.25) is 0 Å². The highest BCUT2D eigenvalue weighted by atomic mass is 32.2. The van der Waals surface area contributed by atoms with Crippen molar-refractivity contribution in [2.75, 3.05) is 5.32 Å². The molecule has 180 valence electrons. The summed E-state index contributed by atoms with van der Waals surface area (Å²) in [4.78, 5) is 13.3. The van der Waals surface area contributed by atoms with Crippen molar-refractivity contribution >= 4 is 21.6 Å². The Hall–Kier alpha value is -3.78. The molecule has 0 saturated carbocycles. The summed E-state index contributed by atoms with van der Waals surface area (Å²) in [5.41, 5.74) is 2.06. The van der Waals surface area contributed by atoms with Crippen LogP contribution in [0.25, 0.3) is 5.69 Å². The Morgan fingerprint density at radius 2 is 1.57 bits per heavy atom. The van der Waals surface area contributed by atoms with Crippen molar-refractivity contribution in [1.82, 2.24) is 9.78 Å². The van der Waals surface area contributed by atoms with E-state index in [0.717, 1.165) is 5.69 Å². The number of sulfone groups is 1. The molecule has 0 fully saturated rings. The Morgan fingerprint density at radius 3 is 2.17 bits per heavy atom. The summed E-state index contributed by atoms with van der Waals surface area (Å²) in [5, 5.41) is 7.50. The molecule has 1 heterocycles. The predicted molar refractivity (Wildman–Crippen MR) is 134 cm³/mol. The van der Waals surface area contributed by atoms with Gasteiger partial charge in [-0.15, -0.1) is 0 Å². The van der Waals surface area contributed by atoms with E-state index in [2.05, 4.69) is 10.4 Å². The molecular weight excluding hydrogens is 465 g/mol. The van der Waals surface area contributed by atoms with E-state index < -0.39 is 9.84 Å². The van der Waals surface area contributed by atoms with Crippen LogP contribution < -0.4 is 5.32 Å². The molecule has 0 saturated heterocycles. The summed E-state index contributed by atoms with van der Waals surface area (Å²) in [6.45, 7) is 6.04. The van der Waals surface area contributed by atoms with Crippen molar-refractivity contribution in [3.63, 3.8) is 0 Å². The standard InChI is InChI=1S/C27H26FN3O3S/c1-27(2,3)24-17-25(31(30-24)22-15-13-21(28)14-16-22)29-26(32)20-11-9-19(10-12-20)18-35(33,34)23-7-5-4-6-8-23/h4-17H,18H2,1-3H3,(H,29,32). The third-order valence-corrected chi connectivity index (χ3v) is 7.17. The summed E-state index contributed by atoms with van der Waals surface area (Å²) in [6, 6.07) is 22.3. The van der Waals surface area contributed by atoms with Crippen LogP contribution in [-0.2, 0) is 21.0 Å². The van der Waals surface area contributed by atoms with Crippen LogP contribution in [0.5, 0.6) is 0 Å². The zero-order chi connectivity index (χ0) is 25.2. The molecule has 1 N–H and O–H groups in total. The number of amides is 1. The number of rotatable bonds is 6. The van der Waals surface area contributed by atoms with Crippen molar-refractivity contribution in [2.45, 2.75) is 36.8 Å². The smallest absolute Gasteiger partial charge is 0.256 e. The Labute approximate surface area is 204 Å². The summed E-state index contributed by atoms with van der Waals surface area (Å²) in [6.07, 6.45) is 0. The number of aromatic nitrogens is 2. The lowest BCUT2D eigenvalue weighted by Gasteiger charge is -2.14. The summed E-state index contributed by atoms with van der Waals surface area (Å²) >= 11 is 0. The summed E-state index contributed by atoms with van der Waals surface area (Å²) in [7, 11) is -3.48. The molecule has 0 atom stereocenters. The molecule has 0 radical (unpaired) electrons. The van der Waals surface area contributed by atoms with E-state index in [1.54, 1.807) is 77.5 Å². The van der Waals surface area contributed by atoms with Gasteiger partial charge in [0, 0.05) is 17.0 Å². The van der Waals surface area contributed by atoms with Crippen molar-refractivity contribution < 1.29 is 17.6 Å². The van der Waals surface area contributed by atoms with Gasteiger partial charge in [-0.2, -0.15) is 5.10 Å². The van der Waals surface area contributed by atoms with Crippen molar-refractivity contribution in [1.29, 1.82) is 0 Å². The fourth-order valence-electron chi connectivity index (χ4n) is 3.49. The molecule has 4 aromatic rings.